The van der Waals surface area contributed by atoms with Crippen LogP contribution in [0.15, 0.2) is 30.3 Å². The maximum atomic E-state index is 9.63. The average Bonchev–Trinajstić information content (AvgIpc) is 2.92. The highest BCUT2D eigenvalue weighted by Gasteiger charge is 2.52. The molecule has 17 heavy (non-hydrogen) atoms. The summed E-state index contributed by atoms with van der Waals surface area (Å²) in [6.45, 7) is -0.191. The van der Waals surface area contributed by atoms with Crippen molar-refractivity contribution in [2.45, 2.75) is 30.9 Å². The van der Waals surface area contributed by atoms with E-state index < -0.39 is 30.9 Å². The van der Waals surface area contributed by atoms with Crippen LogP contribution in [0.2, 0.25) is 0 Å². The molecule has 2 N–H and O–H groups in total. The van der Waals surface area contributed by atoms with Gasteiger partial charge in [0, 0.05) is 5.56 Å². The van der Waals surface area contributed by atoms with Crippen molar-refractivity contribution in [1.29, 1.82) is 0 Å². The van der Waals surface area contributed by atoms with Crippen molar-refractivity contribution < 1.29 is 24.4 Å². The lowest BCUT2D eigenvalue weighted by Crippen LogP contribution is -2.31. The van der Waals surface area contributed by atoms with Crippen LogP contribution in [0.25, 0.3) is 0 Å². The predicted molar refractivity (Wildman–Crippen MR) is 56.9 cm³/mol. The summed E-state index contributed by atoms with van der Waals surface area (Å²) in [5.74, 6) is 0. The predicted octanol–water partition coefficient (Wildman–Crippen LogP) is 0.179. The van der Waals surface area contributed by atoms with Crippen molar-refractivity contribution in [3.63, 3.8) is 0 Å². The highest BCUT2D eigenvalue weighted by molar-refractivity contribution is 5.17. The van der Waals surface area contributed by atoms with E-state index in [9.17, 15) is 5.11 Å². The largest absolute Gasteiger partial charge is 0.394 e. The highest BCUT2D eigenvalue weighted by atomic mass is 16.8. The summed E-state index contributed by atoms with van der Waals surface area (Å²) in [5.41, 5.74) is 0.894. The van der Waals surface area contributed by atoms with Crippen molar-refractivity contribution in [1.82, 2.24) is 0 Å². The first kappa shape index (κ1) is 11.1. The Labute approximate surface area is 98.5 Å². The zero-order chi connectivity index (χ0) is 11.8. The Bertz CT molecular complexity index is 382. The molecule has 0 aromatic heterocycles. The number of aliphatic hydroxyl groups excluding tert-OH is 2. The number of rotatable bonds is 2. The fraction of sp³-hybridized carbons (Fsp3) is 0.500. The van der Waals surface area contributed by atoms with Crippen LogP contribution >= 0.6 is 0 Å². The molecule has 2 fully saturated rings. The molecule has 0 amide bonds. The molecule has 0 unspecified atom stereocenters. The van der Waals surface area contributed by atoms with Gasteiger partial charge in [-0.25, -0.2) is 0 Å². The Balaban J connectivity index is 1.78. The molecule has 5 nitrogen and oxygen atoms in total. The van der Waals surface area contributed by atoms with Crippen LogP contribution in [-0.2, 0) is 14.2 Å². The zero-order valence-corrected chi connectivity index (χ0v) is 9.10. The third-order valence-electron chi connectivity index (χ3n) is 3.10. The van der Waals surface area contributed by atoms with E-state index in [0.717, 1.165) is 5.56 Å². The van der Waals surface area contributed by atoms with E-state index in [4.69, 9.17) is 19.3 Å². The quantitative estimate of drug-likeness (QED) is 0.769. The van der Waals surface area contributed by atoms with Crippen molar-refractivity contribution in [3.8, 4) is 0 Å². The summed E-state index contributed by atoms with van der Waals surface area (Å²) in [5, 5.41) is 18.7. The third kappa shape index (κ3) is 1.86. The number of aliphatic hydroxyl groups is 2. The van der Waals surface area contributed by atoms with Crippen molar-refractivity contribution in [2.24, 2.45) is 0 Å². The first-order valence-corrected chi connectivity index (χ1v) is 5.60. The normalized spacial score (nSPS) is 40.5. The molecule has 0 spiro atoms. The van der Waals surface area contributed by atoms with Crippen LogP contribution in [0.5, 0.6) is 0 Å². The van der Waals surface area contributed by atoms with Crippen LogP contribution < -0.4 is 0 Å². The maximum Gasteiger partial charge on any atom is 0.185 e. The summed E-state index contributed by atoms with van der Waals surface area (Å²) in [6.07, 6.45) is -3.01. The van der Waals surface area contributed by atoms with Crippen molar-refractivity contribution >= 4 is 0 Å². The Hall–Kier alpha value is -0.980. The van der Waals surface area contributed by atoms with Gasteiger partial charge in [-0.05, 0) is 0 Å². The molecule has 3 rings (SSSR count). The molecule has 2 saturated heterocycles. The van der Waals surface area contributed by atoms with Gasteiger partial charge in [0.05, 0.1) is 6.61 Å². The van der Waals surface area contributed by atoms with Crippen LogP contribution in [0, 0.1) is 0 Å². The first-order chi connectivity index (χ1) is 8.29. The van der Waals surface area contributed by atoms with E-state index in [0.29, 0.717) is 0 Å². The summed E-state index contributed by atoms with van der Waals surface area (Å²) < 4.78 is 16.4. The lowest BCUT2D eigenvalue weighted by Gasteiger charge is -2.16. The van der Waals surface area contributed by atoms with Crippen molar-refractivity contribution in [3.05, 3.63) is 35.9 Å². The highest BCUT2D eigenvalue weighted by Crippen LogP contribution is 2.39. The molecule has 2 aliphatic rings. The van der Waals surface area contributed by atoms with Gasteiger partial charge in [0.15, 0.2) is 12.6 Å². The fourth-order valence-corrected chi connectivity index (χ4v) is 2.25. The number of ether oxygens (including phenoxy) is 3. The van der Waals surface area contributed by atoms with E-state index in [2.05, 4.69) is 0 Å². The summed E-state index contributed by atoms with van der Waals surface area (Å²) in [4.78, 5) is 0. The molecule has 1 aromatic carbocycles. The molecule has 0 saturated carbocycles. The van der Waals surface area contributed by atoms with Gasteiger partial charge in [-0.2, -0.15) is 0 Å². The van der Waals surface area contributed by atoms with Gasteiger partial charge in [0.2, 0.25) is 0 Å². The summed E-state index contributed by atoms with van der Waals surface area (Å²) >= 11 is 0. The molecule has 92 valence electrons. The van der Waals surface area contributed by atoms with Gasteiger partial charge in [0.25, 0.3) is 0 Å². The van der Waals surface area contributed by atoms with Gasteiger partial charge in [-0.3, -0.25) is 0 Å². The minimum Gasteiger partial charge on any atom is -0.394 e. The second-order valence-electron chi connectivity index (χ2n) is 4.19. The number of hydrogen-bond donors (Lipinski definition) is 2. The van der Waals surface area contributed by atoms with Gasteiger partial charge >= 0.3 is 0 Å². The maximum absolute atomic E-state index is 9.63. The minimum atomic E-state index is -1.04. The molecule has 0 aliphatic carbocycles. The van der Waals surface area contributed by atoms with Gasteiger partial charge < -0.3 is 24.4 Å². The van der Waals surface area contributed by atoms with E-state index in [-0.39, 0.29) is 6.61 Å². The second-order valence-corrected chi connectivity index (χ2v) is 4.19. The smallest absolute Gasteiger partial charge is 0.185 e. The minimum absolute atomic E-state index is 0.191. The Morgan fingerprint density at radius 1 is 1.00 bits per heavy atom. The van der Waals surface area contributed by atoms with Crippen LogP contribution in [-0.4, -0.2) is 41.4 Å². The second kappa shape index (κ2) is 4.36. The molecule has 2 aliphatic heterocycles. The molecule has 1 aromatic rings. The Morgan fingerprint density at radius 3 is 2.41 bits per heavy atom. The van der Waals surface area contributed by atoms with E-state index in [1.54, 1.807) is 0 Å². The van der Waals surface area contributed by atoms with Crippen molar-refractivity contribution in [2.75, 3.05) is 6.61 Å². The van der Waals surface area contributed by atoms with E-state index in [1.807, 2.05) is 30.3 Å². The fourth-order valence-electron chi connectivity index (χ4n) is 2.25. The topological polar surface area (TPSA) is 68.2 Å². The number of fused-ring (bicyclic) bond motifs is 1. The Kier molecular flexibility index (Phi) is 2.85. The van der Waals surface area contributed by atoms with E-state index >= 15 is 0 Å². The molecule has 5 heteroatoms. The molecule has 0 bridgehead atoms. The lowest BCUT2D eigenvalue weighted by atomic mass is 10.1. The molecule has 5 atom stereocenters. The zero-order valence-electron chi connectivity index (χ0n) is 9.10. The van der Waals surface area contributed by atoms with E-state index in [1.165, 1.54) is 0 Å². The van der Waals surface area contributed by atoms with Gasteiger partial charge in [0.1, 0.15) is 18.3 Å². The summed E-state index contributed by atoms with van der Waals surface area (Å²) in [7, 11) is 0. The SMILES string of the molecule is OC[C@@H]1O[C@H](O)[C@H]2O[C@H](c3ccccc3)O[C@H]21. The van der Waals surface area contributed by atoms with Crippen LogP contribution in [0.1, 0.15) is 11.9 Å². The third-order valence-corrected chi connectivity index (χ3v) is 3.10. The Morgan fingerprint density at radius 2 is 1.71 bits per heavy atom. The van der Waals surface area contributed by atoms with Gasteiger partial charge in [-0.1, -0.05) is 30.3 Å². The molecule has 2 heterocycles. The van der Waals surface area contributed by atoms with Gasteiger partial charge in [-0.15, -0.1) is 0 Å². The van der Waals surface area contributed by atoms with Crippen LogP contribution in [0.3, 0.4) is 0 Å². The standard InChI is InChI=1S/C12H14O5/c13-6-8-9-10(11(14)15-8)17-12(16-9)7-4-2-1-3-5-7/h1-5,8-14H,6H2/t8-,9-,10-,11-,12+/m0/s1. The lowest BCUT2D eigenvalue weighted by molar-refractivity contribution is -0.190. The average molecular weight is 238 g/mol. The monoisotopic (exact) mass is 238 g/mol. The number of hydrogen-bond acceptors (Lipinski definition) is 5. The summed E-state index contributed by atoms with van der Waals surface area (Å²) in [6, 6.07) is 9.49. The first-order valence-electron chi connectivity index (χ1n) is 5.60. The number of benzene rings is 1. The molecular formula is C12H14O5. The molecule has 0 radical (unpaired) electrons. The van der Waals surface area contributed by atoms with Crippen LogP contribution in [0.4, 0.5) is 0 Å². The molecular weight excluding hydrogens is 224 g/mol.